The van der Waals surface area contributed by atoms with E-state index in [0.717, 1.165) is 12.0 Å². The summed E-state index contributed by atoms with van der Waals surface area (Å²) >= 11 is 0. The summed E-state index contributed by atoms with van der Waals surface area (Å²) in [5.74, 6) is 0.150. The van der Waals surface area contributed by atoms with Crippen molar-refractivity contribution in [2.45, 2.75) is 25.4 Å². The minimum absolute atomic E-state index is 0.0966. The zero-order valence-electron chi connectivity index (χ0n) is 10.1. The van der Waals surface area contributed by atoms with Crippen LogP contribution in [0.1, 0.15) is 30.8 Å². The molecule has 0 amide bonds. The lowest BCUT2D eigenvalue weighted by Gasteiger charge is -2.23. The molecule has 2 rings (SSSR count). The van der Waals surface area contributed by atoms with Crippen molar-refractivity contribution in [3.8, 4) is 6.07 Å². The van der Waals surface area contributed by atoms with Crippen LogP contribution in [0.3, 0.4) is 0 Å². The van der Waals surface area contributed by atoms with Crippen molar-refractivity contribution in [2.24, 2.45) is 5.73 Å². The average molecular weight is 242 g/mol. The predicted molar refractivity (Wildman–Crippen MR) is 65.4 cm³/mol. The monoisotopic (exact) mass is 242 g/mol. The van der Waals surface area contributed by atoms with E-state index in [1.165, 1.54) is 0 Å². The summed E-state index contributed by atoms with van der Waals surface area (Å²) in [5.41, 5.74) is 7.15. The molecule has 2 unspecified atom stereocenters. The van der Waals surface area contributed by atoms with E-state index in [1.807, 2.05) is 25.1 Å². The van der Waals surface area contributed by atoms with Gasteiger partial charge >= 0.3 is 0 Å². The van der Waals surface area contributed by atoms with Crippen LogP contribution in [0.25, 0.3) is 0 Å². The molecule has 0 aliphatic carbocycles. The zero-order valence-corrected chi connectivity index (χ0v) is 10.1. The minimum atomic E-state index is -0.132. The largest absolute Gasteiger partial charge is 0.326 e. The number of nitrogens with two attached hydrogens (primary N) is 1. The van der Waals surface area contributed by atoms with Gasteiger partial charge in [0.2, 0.25) is 0 Å². The quantitative estimate of drug-likeness (QED) is 0.858. The highest BCUT2D eigenvalue weighted by Crippen LogP contribution is 2.21. The summed E-state index contributed by atoms with van der Waals surface area (Å²) in [4.78, 5) is 7.91. The van der Waals surface area contributed by atoms with Crippen LogP contribution in [0.5, 0.6) is 0 Å². The molecule has 0 aliphatic rings. The normalized spacial score (nSPS) is 13.8. The summed E-state index contributed by atoms with van der Waals surface area (Å²) in [6.45, 7) is 2.01. The van der Waals surface area contributed by atoms with Crippen LogP contribution in [0, 0.1) is 11.3 Å². The first-order valence-corrected chi connectivity index (χ1v) is 5.73. The van der Waals surface area contributed by atoms with Gasteiger partial charge in [-0.05, 0) is 24.1 Å². The first-order chi connectivity index (χ1) is 8.76. The molecular formula is C12H14N6. The second-order valence-corrected chi connectivity index (χ2v) is 3.96. The van der Waals surface area contributed by atoms with Crippen molar-refractivity contribution in [1.82, 2.24) is 19.7 Å². The van der Waals surface area contributed by atoms with Crippen LogP contribution < -0.4 is 5.73 Å². The molecule has 0 aliphatic heterocycles. The second kappa shape index (κ2) is 5.38. The molecule has 18 heavy (non-hydrogen) atoms. The molecule has 2 atom stereocenters. The van der Waals surface area contributed by atoms with E-state index in [-0.39, 0.29) is 17.9 Å². The van der Waals surface area contributed by atoms with Crippen LogP contribution in [0.2, 0.25) is 0 Å². The topological polar surface area (TPSA) is 93.4 Å². The Morgan fingerprint density at radius 2 is 2.17 bits per heavy atom. The number of hydrogen-bond acceptors (Lipinski definition) is 5. The molecule has 0 aromatic carbocycles. The second-order valence-electron chi connectivity index (χ2n) is 3.96. The third-order valence-electron chi connectivity index (χ3n) is 2.82. The molecule has 0 radical (unpaired) electrons. The highest BCUT2D eigenvalue weighted by atomic mass is 15.4. The van der Waals surface area contributed by atoms with Crippen molar-refractivity contribution >= 4 is 0 Å². The number of nitrogens with zero attached hydrogens (tertiary/aromatic N) is 5. The summed E-state index contributed by atoms with van der Waals surface area (Å²) in [6, 6.07) is 5.48. The highest BCUT2D eigenvalue weighted by molar-refractivity contribution is 5.18. The molecule has 6 heteroatoms. The molecule has 0 saturated carbocycles. The molecule has 2 heterocycles. The van der Waals surface area contributed by atoms with E-state index < -0.39 is 0 Å². The maximum Gasteiger partial charge on any atom is 0.252 e. The molecule has 6 nitrogen and oxygen atoms in total. The molecule has 0 saturated heterocycles. The number of pyridine rings is 1. The molecule has 0 bridgehead atoms. The maximum atomic E-state index is 8.77. The third-order valence-corrected chi connectivity index (χ3v) is 2.82. The van der Waals surface area contributed by atoms with Gasteiger partial charge in [-0.25, -0.2) is 9.67 Å². The maximum absolute atomic E-state index is 8.77. The van der Waals surface area contributed by atoms with Gasteiger partial charge in [-0.2, -0.15) is 5.26 Å². The summed E-state index contributed by atoms with van der Waals surface area (Å²) < 4.78 is 1.64. The van der Waals surface area contributed by atoms with E-state index in [0.29, 0.717) is 0 Å². The first-order valence-electron chi connectivity index (χ1n) is 5.73. The van der Waals surface area contributed by atoms with E-state index in [2.05, 4.69) is 15.1 Å². The van der Waals surface area contributed by atoms with Gasteiger partial charge in [0, 0.05) is 18.4 Å². The van der Waals surface area contributed by atoms with Gasteiger partial charge in [-0.1, -0.05) is 6.92 Å². The van der Waals surface area contributed by atoms with Gasteiger partial charge < -0.3 is 5.73 Å². The molecule has 2 aromatic rings. The van der Waals surface area contributed by atoms with E-state index in [4.69, 9.17) is 11.0 Å². The van der Waals surface area contributed by atoms with Crippen LogP contribution in [-0.4, -0.2) is 25.8 Å². The lowest BCUT2D eigenvalue weighted by Crippen LogP contribution is -2.33. The first kappa shape index (κ1) is 12.2. The van der Waals surface area contributed by atoms with Crippen molar-refractivity contribution in [3.63, 3.8) is 0 Å². The zero-order chi connectivity index (χ0) is 13.0. The Balaban J connectivity index is 2.40. The Hall–Kier alpha value is -2.26. The van der Waals surface area contributed by atoms with Crippen LogP contribution >= 0.6 is 0 Å². The van der Waals surface area contributed by atoms with Crippen molar-refractivity contribution < 1.29 is 0 Å². The Morgan fingerprint density at radius 1 is 1.44 bits per heavy atom. The Kier molecular flexibility index (Phi) is 3.65. The predicted octanol–water partition coefficient (Wildman–Crippen LogP) is 0.871. The number of rotatable bonds is 4. The number of hydrogen-bond donors (Lipinski definition) is 1. The molecule has 2 N–H and O–H groups in total. The Labute approximate surface area is 105 Å². The standard InChI is InChI=1S/C12H14N6/c1-2-10(14)12(9-3-5-15-6-4-9)18-8-16-11(7-13)17-18/h3-6,8,10,12H,2,14H2,1H3. The highest BCUT2D eigenvalue weighted by Gasteiger charge is 2.21. The molecular weight excluding hydrogens is 228 g/mol. The molecule has 2 aromatic heterocycles. The van der Waals surface area contributed by atoms with E-state index in [9.17, 15) is 0 Å². The van der Waals surface area contributed by atoms with Crippen LogP contribution in [0.4, 0.5) is 0 Å². The van der Waals surface area contributed by atoms with Crippen molar-refractivity contribution in [2.75, 3.05) is 0 Å². The van der Waals surface area contributed by atoms with Crippen LogP contribution in [-0.2, 0) is 0 Å². The summed E-state index contributed by atoms with van der Waals surface area (Å²) in [7, 11) is 0. The summed E-state index contributed by atoms with van der Waals surface area (Å²) in [6.07, 6.45) is 5.77. The average Bonchev–Trinajstić information content (AvgIpc) is 2.88. The SMILES string of the molecule is CCC(N)C(c1ccncc1)n1cnc(C#N)n1. The van der Waals surface area contributed by atoms with Crippen molar-refractivity contribution in [3.05, 3.63) is 42.2 Å². The van der Waals surface area contributed by atoms with Gasteiger partial charge in [0.15, 0.2) is 0 Å². The summed E-state index contributed by atoms with van der Waals surface area (Å²) in [5, 5.41) is 12.9. The fourth-order valence-electron chi connectivity index (χ4n) is 1.84. The number of nitriles is 1. The van der Waals surface area contributed by atoms with Gasteiger partial charge in [0.05, 0.1) is 6.04 Å². The molecule has 92 valence electrons. The lowest BCUT2D eigenvalue weighted by atomic mass is 9.99. The van der Waals surface area contributed by atoms with Gasteiger partial charge in [-0.3, -0.25) is 4.98 Å². The van der Waals surface area contributed by atoms with Gasteiger partial charge in [0.1, 0.15) is 12.4 Å². The smallest absolute Gasteiger partial charge is 0.252 e. The fraction of sp³-hybridized carbons (Fsp3) is 0.333. The third kappa shape index (κ3) is 2.36. The molecule has 0 spiro atoms. The Morgan fingerprint density at radius 3 is 2.72 bits per heavy atom. The van der Waals surface area contributed by atoms with E-state index >= 15 is 0 Å². The van der Waals surface area contributed by atoms with Crippen molar-refractivity contribution in [1.29, 1.82) is 5.26 Å². The van der Waals surface area contributed by atoms with Gasteiger partial charge in [-0.15, -0.1) is 5.10 Å². The van der Waals surface area contributed by atoms with E-state index in [1.54, 1.807) is 23.4 Å². The number of aromatic nitrogens is 4. The fourth-order valence-corrected chi connectivity index (χ4v) is 1.84. The van der Waals surface area contributed by atoms with Gasteiger partial charge in [0.25, 0.3) is 5.82 Å². The Bertz CT molecular complexity index is 541. The minimum Gasteiger partial charge on any atom is -0.326 e. The van der Waals surface area contributed by atoms with Crippen LogP contribution in [0.15, 0.2) is 30.9 Å². The lowest BCUT2D eigenvalue weighted by molar-refractivity contribution is 0.422. The molecule has 0 fully saturated rings.